The zero-order chi connectivity index (χ0) is 11.3. The lowest BCUT2D eigenvalue weighted by Crippen LogP contribution is -2.28. The minimum absolute atomic E-state index is 0.0643. The summed E-state index contributed by atoms with van der Waals surface area (Å²) >= 11 is 0. The Hall–Kier alpha value is -0.900. The van der Waals surface area contributed by atoms with Gasteiger partial charge in [-0.2, -0.15) is 0 Å². The molecule has 0 radical (unpaired) electrons. The summed E-state index contributed by atoms with van der Waals surface area (Å²) < 4.78 is 0. The van der Waals surface area contributed by atoms with Gasteiger partial charge in [0.05, 0.1) is 0 Å². The molecule has 1 N–H and O–H groups in total. The molecule has 86 valence electrons. The van der Waals surface area contributed by atoms with E-state index in [1.165, 1.54) is 6.92 Å². The van der Waals surface area contributed by atoms with Crippen molar-refractivity contribution < 1.29 is 14.7 Å². The van der Waals surface area contributed by atoms with Crippen molar-refractivity contribution in [3.05, 3.63) is 0 Å². The van der Waals surface area contributed by atoms with E-state index in [1.54, 1.807) is 0 Å². The van der Waals surface area contributed by atoms with Crippen LogP contribution in [0.4, 0.5) is 0 Å². The first-order valence-electron chi connectivity index (χ1n) is 5.51. The number of Topliss-reactive ketones (excluding diaryl/α,β-unsaturated/α-hetero) is 1. The third-order valence-electron chi connectivity index (χ3n) is 2.87. The molecule has 0 aromatic heterocycles. The van der Waals surface area contributed by atoms with E-state index in [9.17, 15) is 9.59 Å². The molecule has 4 heteroatoms. The molecule has 1 aliphatic heterocycles. The minimum Gasteiger partial charge on any atom is -0.396 e. The molecule has 0 aromatic rings. The Morgan fingerprint density at radius 3 is 2.73 bits per heavy atom. The summed E-state index contributed by atoms with van der Waals surface area (Å²) in [5.74, 6) is 0.580. The van der Waals surface area contributed by atoms with Gasteiger partial charge < -0.3 is 14.8 Å². The smallest absolute Gasteiger partial charge is 0.223 e. The number of aliphatic hydroxyl groups is 1. The van der Waals surface area contributed by atoms with Gasteiger partial charge in [0.1, 0.15) is 5.78 Å². The number of rotatable bonds is 5. The summed E-state index contributed by atoms with van der Waals surface area (Å²) in [5, 5.41) is 8.78. The van der Waals surface area contributed by atoms with Crippen LogP contribution in [0, 0.1) is 5.92 Å². The standard InChI is InChI=1S/C11H19NO3/c1-9(14)2-3-11(15)12-6-4-10(8-12)5-7-13/h10,13H,2-8H2,1H3. The summed E-state index contributed by atoms with van der Waals surface area (Å²) in [6.45, 7) is 3.23. The van der Waals surface area contributed by atoms with Crippen molar-refractivity contribution in [2.24, 2.45) is 5.92 Å². The van der Waals surface area contributed by atoms with E-state index in [-0.39, 0.29) is 18.3 Å². The number of carbonyl (C=O) groups is 2. The number of likely N-dealkylation sites (tertiary alicyclic amines) is 1. The molecule has 0 bridgehead atoms. The highest BCUT2D eigenvalue weighted by Gasteiger charge is 2.25. The van der Waals surface area contributed by atoms with Gasteiger partial charge in [-0.3, -0.25) is 4.79 Å². The SMILES string of the molecule is CC(=O)CCC(=O)N1CCC(CCO)C1. The molecule has 4 nitrogen and oxygen atoms in total. The van der Waals surface area contributed by atoms with Crippen molar-refractivity contribution in [3.8, 4) is 0 Å². The Balaban J connectivity index is 2.27. The summed E-state index contributed by atoms with van der Waals surface area (Å²) in [7, 11) is 0. The van der Waals surface area contributed by atoms with Crippen LogP contribution in [0.2, 0.25) is 0 Å². The maximum atomic E-state index is 11.6. The van der Waals surface area contributed by atoms with Crippen LogP contribution in [0.1, 0.15) is 32.6 Å². The van der Waals surface area contributed by atoms with Gasteiger partial charge in [0.15, 0.2) is 0 Å². The molecule has 0 spiro atoms. The van der Waals surface area contributed by atoms with Crippen LogP contribution in [0.3, 0.4) is 0 Å². The molecule has 1 rings (SSSR count). The quantitative estimate of drug-likeness (QED) is 0.727. The van der Waals surface area contributed by atoms with Crippen LogP contribution in [0.5, 0.6) is 0 Å². The highest BCUT2D eigenvalue weighted by molar-refractivity contribution is 5.83. The van der Waals surface area contributed by atoms with Gasteiger partial charge in [0.25, 0.3) is 0 Å². The summed E-state index contributed by atoms with van der Waals surface area (Å²) in [6, 6.07) is 0. The molecule has 1 fully saturated rings. The monoisotopic (exact) mass is 213 g/mol. The van der Waals surface area contributed by atoms with Crippen molar-refractivity contribution >= 4 is 11.7 Å². The predicted octanol–water partition coefficient (Wildman–Crippen LogP) is 0.587. The van der Waals surface area contributed by atoms with E-state index in [2.05, 4.69) is 0 Å². The van der Waals surface area contributed by atoms with Crippen LogP contribution in [-0.2, 0) is 9.59 Å². The van der Waals surface area contributed by atoms with Crippen LogP contribution >= 0.6 is 0 Å². The van der Waals surface area contributed by atoms with Gasteiger partial charge >= 0.3 is 0 Å². The molecule has 0 aromatic carbocycles. The number of amides is 1. The number of hydrogen-bond donors (Lipinski definition) is 1. The molecule has 1 amide bonds. The second kappa shape index (κ2) is 5.85. The molecule has 1 atom stereocenters. The van der Waals surface area contributed by atoms with Gasteiger partial charge in [0, 0.05) is 32.5 Å². The predicted molar refractivity (Wildman–Crippen MR) is 56.3 cm³/mol. The van der Waals surface area contributed by atoms with Crippen molar-refractivity contribution in [3.63, 3.8) is 0 Å². The maximum Gasteiger partial charge on any atom is 0.223 e. The maximum absolute atomic E-state index is 11.6. The molecule has 0 saturated carbocycles. The van der Waals surface area contributed by atoms with Gasteiger partial charge in [-0.05, 0) is 25.7 Å². The van der Waals surface area contributed by atoms with Gasteiger partial charge in [-0.1, -0.05) is 0 Å². The molecule has 1 unspecified atom stereocenters. The Morgan fingerprint density at radius 1 is 1.40 bits per heavy atom. The average Bonchev–Trinajstić information content (AvgIpc) is 2.63. The second-order valence-corrected chi connectivity index (χ2v) is 4.21. The first-order valence-corrected chi connectivity index (χ1v) is 5.51. The summed E-state index contributed by atoms with van der Waals surface area (Å²) in [4.78, 5) is 24.1. The lowest BCUT2D eigenvalue weighted by molar-refractivity contribution is -0.132. The zero-order valence-electron chi connectivity index (χ0n) is 9.24. The number of aliphatic hydroxyl groups excluding tert-OH is 1. The third-order valence-corrected chi connectivity index (χ3v) is 2.87. The average molecular weight is 213 g/mol. The topological polar surface area (TPSA) is 57.6 Å². The lowest BCUT2D eigenvalue weighted by atomic mass is 10.1. The minimum atomic E-state index is 0.0643. The number of hydrogen-bond acceptors (Lipinski definition) is 3. The van der Waals surface area contributed by atoms with Crippen LogP contribution < -0.4 is 0 Å². The highest BCUT2D eigenvalue weighted by Crippen LogP contribution is 2.19. The Kier molecular flexibility index (Phi) is 4.75. The van der Waals surface area contributed by atoms with Crippen molar-refractivity contribution in [2.75, 3.05) is 19.7 Å². The Morgan fingerprint density at radius 2 is 2.13 bits per heavy atom. The molecule has 1 aliphatic rings. The van der Waals surface area contributed by atoms with E-state index in [0.717, 1.165) is 25.9 Å². The van der Waals surface area contributed by atoms with E-state index in [4.69, 9.17) is 5.11 Å². The van der Waals surface area contributed by atoms with Crippen molar-refractivity contribution in [1.82, 2.24) is 4.90 Å². The van der Waals surface area contributed by atoms with Crippen molar-refractivity contribution in [2.45, 2.75) is 32.6 Å². The third kappa shape index (κ3) is 4.00. The summed E-state index contributed by atoms with van der Waals surface area (Å²) in [5.41, 5.74) is 0. The molecule has 0 aliphatic carbocycles. The molecular formula is C11H19NO3. The van der Waals surface area contributed by atoms with Crippen LogP contribution in [0.25, 0.3) is 0 Å². The Bertz CT molecular complexity index is 240. The normalized spacial score (nSPS) is 20.7. The molecule has 15 heavy (non-hydrogen) atoms. The van der Waals surface area contributed by atoms with Gasteiger partial charge in [-0.15, -0.1) is 0 Å². The van der Waals surface area contributed by atoms with E-state index >= 15 is 0 Å². The first-order chi connectivity index (χ1) is 7.13. The molecular weight excluding hydrogens is 194 g/mol. The fourth-order valence-electron chi connectivity index (χ4n) is 1.92. The second-order valence-electron chi connectivity index (χ2n) is 4.21. The van der Waals surface area contributed by atoms with Crippen LogP contribution in [0.15, 0.2) is 0 Å². The first kappa shape index (κ1) is 12.2. The van der Waals surface area contributed by atoms with Gasteiger partial charge in [0.2, 0.25) is 5.91 Å². The van der Waals surface area contributed by atoms with E-state index in [1.807, 2.05) is 4.90 Å². The zero-order valence-corrected chi connectivity index (χ0v) is 9.24. The van der Waals surface area contributed by atoms with E-state index < -0.39 is 0 Å². The Labute approximate surface area is 90.3 Å². The summed E-state index contributed by atoms with van der Waals surface area (Å²) in [6.07, 6.45) is 2.43. The lowest BCUT2D eigenvalue weighted by Gasteiger charge is -2.15. The number of carbonyl (C=O) groups excluding carboxylic acids is 2. The molecule has 1 saturated heterocycles. The fourth-order valence-corrected chi connectivity index (χ4v) is 1.92. The van der Waals surface area contributed by atoms with Crippen LogP contribution in [-0.4, -0.2) is 41.4 Å². The van der Waals surface area contributed by atoms with E-state index in [0.29, 0.717) is 18.8 Å². The van der Waals surface area contributed by atoms with Gasteiger partial charge in [-0.25, -0.2) is 0 Å². The largest absolute Gasteiger partial charge is 0.396 e. The number of ketones is 1. The highest BCUT2D eigenvalue weighted by atomic mass is 16.3. The molecule has 1 heterocycles. The van der Waals surface area contributed by atoms with Crippen molar-refractivity contribution in [1.29, 1.82) is 0 Å². The fraction of sp³-hybridized carbons (Fsp3) is 0.818. The number of nitrogens with zero attached hydrogens (tertiary/aromatic N) is 1.